The summed E-state index contributed by atoms with van der Waals surface area (Å²) in [4.78, 5) is 22.7. The topological polar surface area (TPSA) is 172 Å². The van der Waals surface area contributed by atoms with Crippen LogP contribution < -0.4 is 0 Å². The zero-order chi connectivity index (χ0) is 21.3. The summed E-state index contributed by atoms with van der Waals surface area (Å²) >= 11 is 0. The maximum Gasteiger partial charge on any atom is 0.335 e. The van der Waals surface area contributed by atoms with Crippen LogP contribution >= 0.6 is 0 Å². The van der Waals surface area contributed by atoms with Gasteiger partial charge < -0.3 is 44.5 Å². The summed E-state index contributed by atoms with van der Waals surface area (Å²) in [5, 5.41) is 48.7. The molecule has 3 aliphatic rings. The number of carboxylic acid groups (broad SMARTS) is 1. The predicted molar refractivity (Wildman–Crippen MR) is 91.8 cm³/mol. The fraction of sp³-hybridized carbons (Fsp3) is 0.667. The Balaban J connectivity index is 1.80. The molecule has 8 atom stereocenters. The molecule has 0 saturated carbocycles. The summed E-state index contributed by atoms with van der Waals surface area (Å²) in [6.07, 6.45) is -5.38. The number of carbonyl (C=O) groups excluding carboxylic acids is 1. The molecule has 11 heteroatoms. The van der Waals surface area contributed by atoms with Gasteiger partial charge in [0.25, 0.3) is 0 Å². The summed E-state index contributed by atoms with van der Waals surface area (Å²) < 4.78 is 21.5. The highest BCUT2D eigenvalue weighted by Crippen LogP contribution is 2.44. The highest BCUT2D eigenvalue weighted by Gasteiger charge is 2.49. The summed E-state index contributed by atoms with van der Waals surface area (Å²) in [5.74, 6) is -2.82. The van der Waals surface area contributed by atoms with Crippen LogP contribution in [0.25, 0.3) is 0 Å². The van der Waals surface area contributed by atoms with Crippen molar-refractivity contribution in [3.63, 3.8) is 0 Å². The minimum absolute atomic E-state index is 0.0257. The Bertz CT molecular complexity index is 700. The van der Waals surface area contributed by atoms with Gasteiger partial charge in [-0.15, -0.1) is 0 Å². The van der Waals surface area contributed by atoms with Crippen LogP contribution in [0.1, 0.15) is 13.3 Å². The third-order valence-electron chi connectivity index (χ3n) is 5.32. The van der Waals surface area contributed by atoms with Crippen LogP contribution in [0, 0.1) is 11.8 Å². The lowest BCUT2D eigenvalue weighted by molar-refractivity contribution is -0.339. The first kappa shape index (κ1) is 21.7. The number of carbonyl (C=O) groups is 2. The van der Waals surface area contributed by atoms with Crippen LogP contribution in [0.2, 0.25) is 0 Å². The van der Waals surface area contributed by atoms with E-state index in [1.807, 2.05) is 0 Å². The van der Waals surface area contributed by atoms with Crippen LogP contribution in [-0.4, -0.2) is 87.7 Å². The maximum atomic E-state index is 11.5. The molecule has 0 aromatic heterocycles. The summed E-state index contributed by atoms with van der Waals surface area (Å²) in [5.41, 5.74) is 0.615. The fourth-order valence-corrected chi connectivity index (χ4v) is 3.79. The van der Waals surface area contributed by atoms with E-state index in [0.29, 0.717) is 12.0 Å². The minimum atomic E-state index is -1.64. The Morgan fingerprint density at radius 1 is 1.17 bits per heavy atom. The Hall–Kier alpha value is -2.02. The Morgan fingerprint density at radius 3 is 2.52 bits per heavy atom. The number of aliphatic hydroxyl groups excluding tert-OH is 4. The number of rotatable bonds is 6. The van der Waals surface area contributed by atoms with Gasteiger partial charge in [-0.25, -0.2) is 4.79 Å². The number of esters is 1. The molecule has 5 N–H and O–H groups in total. The summed E-state index contributed by atoms with van der Waals surface area (Å²) in [6, 6.07) is 0. The molecule has 2 aliphatic heterocycles. The molecule has 11 nitrogen and oxygen atoms in total. The number of fused-ring (bicyclic) bond motifs is 1. The van der Waals surface area contributed by atoms with Crippen molar-refractivity contribution < 1.29 is 54.1 Å². The van der Waals surface area contributed by atoms with E-state index in [0.717, 1.165) is 6.26 Å². The normalized spacial score (nSPS) is 39.1. The molecule has 1 aliphatic carbocycles. The summed E-state index contributed by atoms with van der Waals surface area (Å²) in [6.45, 7) is 0.541. The number of hydrogen-bond acceptors (Lipinski definition) is 10. The molecule has 0 unspecified atom stereocenters. The lowest BCUT2D eigenvalue weighted by atomic mass is 9.83. The number of carboxylic acids is 1. The van der Waals surface area contributed by atoms with E-state index in [4.69, 9.17) is 18.9 Å². The number of hydrogen-bond donors (Lipinski definition) is 5. The monoisotopic (exact) mass is 416 g/mol. The quantitative estimate of drug-likeness (QED) is 0.246. The molecule has 1 fully saturated rings. The molecule has 0 aromatic rings. The molecule has 0 radical (unpaired) electrons. The van der Waals surface area contributed by atoms with Crippen molar-refractivity contribution in [1.82, 2.24) is 0 Å². The van der Waals surface area contributed by atoms with Gasteiger partial charge in [0.1, 0.15) is 31.0 Å². The van der Waals surface area contributed by atoms with E-state index in [1.165, 1.54) is 6.92 Å². The van der Waals surface area contributed by atoms with Crippen LogP contribution in [0.4, 0.5) is 0 Å². The molecule has 0 spiro atoms. The Morgan fingerprint density at radius 2 is 1.90 bits per heavy atom. The van der Waals surface area contributed by atoms with Crippen molar-refractivity contribution in [3.05, 3.63) is 23.5 Å². The second-order valence-electron chi connectivity index (χ2n) is 7.14. The third kappa shape index (κ3) is 4.29. The average Bonchev–Trinajstić information content (AvgIpc) is 3.11. The van der Waals surface area contributed by atoms with Gasteiger partial charge in [-0.3, -0.25) is 4.79 Å². The van der Waals surface area contributed by atoms with Gasteiger partial charge in [0.05, 0.1) is 24.4 Å². The first-order valence-electron chi connectivity index (χ1n) is 9.11. The van der Waals surface area contributed by atoms with E-state index < -0.39 is 67.4 Å². The van der Waals surface area contributed by atoms with Crippen LogP contribution in [0.5, 0.6) is 0 Å². The van der Waals surface area contributed by atoms with Crippen LogP contribution in [0.15, 0.2) is 23.5 Å². The molecule has 3 rings (SSSR count). The summed E-state index contributed by atoms with van der Waals surface area (Å²) in [7, 11) is 0. The molecular formula is C18H24O11. The smallest absolute Gasteiger partial charge is 0.335 e. The second kappa shape index (κ2) is 8.78. The van der Waals surface area contributed by atoms with E-state index in [1.54, 1.807) is 6.08 Å². The van der Waals surface area contributed by atoms with Crippen molar-refractivity contribution >= 4 is 11.9 Å². The van der Waals surface area contributed by atoms with Crippen molar-refractivity contribution in [2.75, 3.05) is 13.2 Å². The molecule has 29 heavy (non-hydrogen) atoms. The first-order chi connectivity index (χ1) is 13.7. The maximum absolute atomic E-state index is 11.5. The van der Waals surface area contributed by atoms with E-state index in [-0.39, 0.29) is 12.2 Å². The largest absolute Gasteiger partial charge is 0.478 e. The van der Waals surface area contributed by atoms with Gasteiger partial charge in [0, 0.05) is 12.8 Å². The van der Waals surface area contributed by atoms with Gasteiger partial charge in [-0.2, -0.15) is 0 Å². The van der Waals surface area contributed by atoms with E-state index in [2.05, 4.69) is 0 Å². The molecule has 0 aromatic carbocycles. The Labute approximate surface area is 165 Å². The Kier molecular flexibility index (Phi) is 6.56. The van der Waals surface area contributed by atoms with Gasteiger partial charge >= 0.3 is 11.9 Å². The van der Waals surface area contributed by atoms with Crippen molar-refractivity contribution in [3.8, 4) is 0 Å². The van der Waals surface area contributed by atoms with E-state index in [9.17, 15) is 35.1 Å². The number of aliphatic carboxylic acids is 1. The van der Waals surface area contributed by atoms with E-state index >= 15 is 0 Å². The predicted octanol–water partition coefficient (Wildman–Crippen LogP) is -1.75. The van der Waals surface area contributed by atoms with Gasteiger partial charge in [0.2, 0.25) is 6.29 Å². The zero-order valence-electron chi connectivity index (χ0n) is 15.6. The molecule has 1 saturated heterocycles. The lowest BCUT2D eigenvalue weighted by Gasteiger charge is -2.42. The highest BCUT2D eigenvalue weighted by molar-refractivity contribution is 5.87. The fourth-order valence-electron chi connectivity index (χ4n) is 3.79. The number of allylic oxidation sites excluding steroid dienone is 1. The molecular weight excluding hydrogens is 392 g/mol. The lowest BCUT2D eigenvalue weighted by Crippen LogP contribution is -2.60. The third-order valence-corrected chi connectivity index (χ3v) is 5.32. The van der Waals surface area contributed by atoms with Crippen molar-refractivity contribution in [2.24, 2.45) is 11.8 Å². The van der Waals surface area contributed by atoms with Crippen LogP contribution in [0.3, 0.4) is 0 Å². The molecule has 0 amide bonds. The standard InChI is InChI=1S/C18H24O11/c1-7(20)26-5-8-2-3-9-10(16(24)25)6-27-17(12(8)9)29-18-15(23)14(22)13(21)11(4-19)28-18/h2,6,9,11-15,17-19,21-23H,3-5H2,1H3,(H,24,25)/t9-,11-,12-,13-,14+,15-,17+,18+/m1/s1. The zero-order valence-corrected chi connectivity index (χ0v) is 15.6. The number of aliphatic hydroxyl groups is 4. The average molecular weight is 416 g/mol. The van der Waals surface area contributed by atoms with Crippen molar-refractivity contribution in [2.45, 2.75) is 50.3 Å². The SMILES string of the molecule is CC(=O)OCC1=CC[C@@H]2C(C(=O)O)=CO[C@@H](O[C@@H]3O[C@H](CO)[C@@H](O)[C@H](O)[C@H]3O)[C@H]12. The minimum Gasteiger partial charge on any atom is -0.478 e. The van der Waals surface area contributed by atoms with Crippen molar-refractivity contribution in [1.29, 1.82) is 0 Å². The van der Waals surface area contributed by atoms with Crippen LogP contribution in [-0.2, 0) is 28.5 Å². The van der Waals surface area contributed by atoms with Gasteiger partial charge in [-0.1, -0.05) is 6.08 Å². The molecule has 0 bridgehead atoms. The first-order valence-corrected chi connectivity index (χ1v) is 9.11. The molecule has 162 valence electrons. The van der Waals surface area contributed by atoms with Gasteiger partial charge in [-0.05, 0) is 12.0 Å². The highest BCUT2D eigenvalue weighted by atomic mass is 16.8. The second-order valence-corrected chi connectivity index (χ2v) is 7.14. The molecule has 2 heterocycles. The van der Waals surface area contributed by atoms with Gasteiger partial charge in [0.15, 0.2) is 6.29 Å². The number of ether oxygens (including phenoxy) is 4.